The molecule has 0 aliphatic heterocycles. The van der Waals surface area contributed by atoms with E-state index in [1.54, 1.807) is 17.0 Å². The minimum Gasteiger partial charge on any atom is -0.410 e. The van der Waals surface area contributed by atoms with Crippen LogP contribution in [0.15, 0.2) is 30.3 Å². The molecule has 4 heteroatoms. The third-order valence-electron chi connectivity index (χ3n) is 2.17. The number of para-hydroxylation sites is 1. The normalized spacial score (nSPS) is 9.88. The molecule has 1 aromatic carbocycles. The fourth-order valence-electron chi connectivity index (χ4n) is 1.29. The molecule has 0 aromatic heterocycles. The van der Waals surface area contributed by atoms with Crippen LogP contribution < -0.4 is 4.74 Å². The first-order valence-corrected chi connectivity index (χ1v) is 5.40. The predicted octanol–water partition coefficient (Wildman–Crippen LogP) is 1.89. The SMILES string of the molecule is CCN(CCCO)C(=O)Oc1ccccc1. The lowest BCUT2D eigenvalue weighted by molar-refractivity contribution is 0.150. The summed E-state index contributed by atoms with van der Waals surface area (Å²) in [6.45, 7) is 3.04. The Balaban J connectivity index is 2.49. The lowest BCUT2D eigenvalue weighted by Crippen LogP contribution is -2.34. The van der Waals surface area contributed by atoms with Crippen molar-refractivity contribution in [2.24, 2.45) is 0 Å². The van der Waals surface area contributed by atoms with E-state index in [0.29, 0.717) is 25.3 Å². The summed E-state index contributed by atoms with van der Waals surface area (Å²) in [6, 6.07) is 8.95. The van der Waals surface area contributed by atoms with Crippen LogP contribution in [0.4, 0.5) is 4.79 Å². The molecule has 0 heterocycles. The van der Waals surface area contributed by atoms with Gasteiger partial charge in [0.15, 0.2) is 0 Å². The summed E-state index contributed by atoms with van der Waals surface area (Å²) in [6.07, 6.45) is 0.194. The van der Waals surface area contributed by atoms with E-state index in [2.05, 4.69) is 0 Å². The highest BCUT2D eigenvalue weighted by atomic mass is 16.6. The molecule has 0 atom stereocenters. The van der Waals surface area contributed by atoms with Gasteiger partial charge in [0.2, 0.25) is 0 Å². The van der Waals surface area contributed by atoms with Crippen molar-refractivity contribution in [2.45, 2.75) is 13.3 Å². The van der Waals surface area contributed by atoms with Crippen molar-refractivity contribution in [2.75, 3.05) is 19.7 Å². The first kappa shape index (κ1) is 12.5. The van der Waals surface area contributed by atoms with Crippen LogP contribution in [0.3, 0.4) is 0 Å². The van der Waals surface area contributed by atoms with Gasteiger partial charge in [0, 0.05) is 19.7 Å². The Hall–Kier alpha value is -1.55. The molecule has 88 valence electrons. The highest BCUT2D eigenvalue weighted by Gasteiger charge is 2.12. The molecule has 0 unspecified atom stereocenters. The van der Waals surface area contributed by atoms with Gasteiger partial charge in [-0.15, -0.1) is 0 Å². The van der Waals surface area contributed by atoms with Crippen LogP contribution in [-0.4, -0.2) is 35.8 Å². The van der Waals surface area contributed by atoms with Crippen LogP contribution in [0, 0.1) is 0 Å². The van der Waals surface area contributed by atoms with Crippen molar-refractivity contribution in [1.29, 1.82) is 0 Å². The lowest BCUT2D eigenvalue weighted by Gasteiger charge is -2.19. The summed E-state index contributed by atoms with van der Waals surface area (Å²) in [5.74, 6) is 0.537. The third kappa shape index (κ3) is 3.90. The van der Waals surface area contributed by atoms with E-state index in [9.17, 15) is 4.79 Å². The second kappa shape index (κ2) is 6.85. The molecule has 0 bridgehead atoms. The average molecular weight is 223 g/mol. The maximum atomic E-state index is 11.7. The number of amides is 1. The number of rotatable bonds is 5. The Bertz CT molecular complexity index is 313. The number of aliphatic hydroxyl groups excluding tert-OH is 1. The Morgan fingerprint density at radius 1 is 1.38 bits per heavy atom. The Morgan fingerprint density at radius 3 is 2.62 bits per heavy atom. The van der Waals surface area contributed by atoms with E-state index in [0.717, 1.165) is 0 Å². The number of carbonyl (C=O) groups excluding carboxylic acids is 1. The first-order chi connectivity index (χ1) is 7.77. The second-order valence-electron chi connectivity index (χ2n) is 3.34. The minimum absolute atomic E-state index is 0.0785. The predicted molar refractivity (Wildman–Crippen MR) is 61.4 cm³/mol. The Kier molecular flexibility index (Phi) is 5.36. The van der Waals surface area contributed by atoms with Gasteiger partial charge in [-0.2, -0.15) is 0 Å². The number of carbonyl (C=O) groups is 1. The molecular formula is C12H17NO3. The zero-order valence-corrected chi connectivity index (χ0v) is 9.43. The first-order valence-electron chi connectivity index (χ1n) is 5.40. The van der Waals surface area contributed by atoms with E-state index in [-0.39, 0.29) is 12.7 Å². The number of aliphatic hydroxyl groups is 1. The molecule has 0 saturated carbocycles. The van der Waals surface area contributed by atoms with Crippen molar-refractivity contribution in [3.05, 3.63) is 30.3 Å². The van der Waals surface area contributed by atoms with Gasteiger partial charge in [-0.05, 0) is 25.5 Å². The van der Waals surface area contributed by atoms with E-state index >= 15 is 0 Å². The van der Waals surface area contributed by atoms with Gasteiger partial charge in [0.1, 0.15) is 5.75 Å². The van der Waals surface area contributed by atoms with Gasteiger partial charge >= 0.3 is 6.09 Å². The van der Waals surface area contributed by atoms with Crippen LogP contribution in [0.2, 0.25) is 0 Å². The maximum absolute atomic E-state index is 11.7. The van der Waals surface area contributed by atoms with Gasteiger partial charge in [0.05, 0.1) is 0 Å². The van der Waals surface area contributed by atoms with Crippen molar-refractivity contribution in [3.63, 3.8) is 0 Å². The van der Waals surface area contributed by atoms with Gasteiger partial charge in [-0.25, -0.2) is 4.79 Å². The number of hydrogen-bond donors (Lipinski definition) is 1. The molecule has 16 heavy (non-hydrogen) atoms. The summed E-state index contributed by atoms with van der Waals surface area (Å²) in [5, 5.41) is 8.70. The average Bonchev–Trinajstić information content (AvgIpc) is 2.31. The smallest absolute Gasteiger partial charge is 0.410 e. The highest BCUT2D eigenvalue weighted by Crippen LogP contribution is 2.10. The van der Waals surface area contributed by atoms with Crippen LogP contribution in [0.5, 0.6) is 5.75 Å². The molecular weight excluding hydrogens is 206 g/mol. The summed E-state index contributed by atoms with van der Waals surface area (Å²) in [7, 11) is 0. The summed E-state index contributed by atoms with van der Waals surface area (Å²) < 4.78 is 5.17. The van der Waals surface area contributed by atoms with E-state index < -0.39 is 0 Å². The van der Waals surface area contributed by atoms with E-state index in [1.807, 2.05) is 25.1 Å². The molecule has 0 spiro atoms. The number of nitrogens with zero attached hydrogens (tertiary/aromatic N) is 1. The second-order valence-corrected chi connectivity index (χ2v) is 3.34. The van der Waals surface area contributed by atoms with Crippen molar-refractivity contribution in [3.8, 4) is 5.75 Å². The lowest BCUT2D eigenvalue weighted by atomic mass is 10.3. The molecule has 1 amide bonds. The summed E-state index contributed by atoms with van der Waals surface area (Å²) >= 11 is 0. The quantitative estimate of drug-likeness (QED) is 0.829. The largest absolute Gasteiger partial charge is 0.415 e. The molecule has 0 saturated heterocycles. The molecule has 0 aliphatic carbocycles. The molecule has 1 aromatic rings. The summed E-state index contributed by atoms with van der Waals surface area (Å²) in [4.78, 5) is 13.2. The Labute approximate surface area is 95.5 Å². The van der Waals surface area contributed by atoms with Crippen LogP contribution >= 0.6 is 0 Å². The van der Waals surface area contributed by atoms with Gasteiger partial charge in [-0.3, -0.25) is 0 Å². The molecule has 1 rings (SSSR count). The van der Waals surface area contributed by atoms with E-state index in [1.165, 1.54) is 0 Å². The van der Waals surface area contributed by atoms with E-state index in [4.69, 9.17) is 9.84 Å². The zero-order chi connectivity index (χ0) is 11.8. The van der Waals surface area contributed by atoms with Crippen LogP contribution in [0.25, 0.3) is 0 Å². The minimum atomic E-state index is -0.373. The van der Waals surface area contributed by atoms with Gasteiger partial charge in [0.25, 0.3) is 0 Å². The van der Waals surface area contributed by atoms with Crippen molar-refractivity contribution >= 4 is 6.09 Å². The summed E-state index contributed by atoms with van der Waals surface area (Å²) in [5.41, 5.74) is 0. The van der Waals surface area contributed by atoms with Gasteiger partial charge in [-0.1, -0.05) is 18.2 Å². The molecule has 4 nitrogen and oxygen atoms in total. The molecule has 0 aliphatic rings. The molecule has 1 N–H and O–H groups in total. The topological polar surface area (TPSA) is 49.8 Å². The van der Waals surface area contributed by atoms with Crippen molar-refractivity contribution < 1.29 is 14.6 Å². The van der Waals surface area contributed by atoms with Crippen LogP contribution in [-0.2, 0) is 0 Å². The fourth-order valence-corrected chi connectivity index (χ4v) is 1.29. The monoisotopic (exact) mass is 223 g/mol. The number of benzene rings is 1. The van der Waals surface area contributed by atoms with Crippen LogP contribution in [0.1, 0.15) is 13.3 Å². The Morgan fingerprint density at radius 2 is 2.06 bits per heavy atom. The molecule has 0 radical (unpaired) electrons. The maximum Gasteiger partial charge on any atom is 0.415 e. The van der Waals surface area contributed by atoms with Gasteiger partial charge < -0.3 is 14.7 Å². The standard InChI is InChI=1S/C12H17NO3/c1-2-13(9-6-10-14)12(15)16-11-7-4-3-5-8-11/h3-5,7-8,14H,2,6,9-10H2,1H3. The number of ether oxygens (including phenoxy) is 1. The van der Waals surface area contributed by atoms with Crippen molar-refractivity contribution in [1.82, 2.24) is 4.90 Å². The number of hydrogen-bond acceptors (Lipinski definition) is 3. The fraction of sp³-hybridized carbons (Fsp3) is 0.417. The zero-order valence-electron chi connectivity index (χ0n) is 9.43. The highest BCUT2D eigenvalue weighted by molar-refractivity contribution is 5.70. The third-order valence-corrected chi connectivity index (χ3v) is 2.17. The molecule has 0 fully saturated rings.